The van der Waals surface area contributed by atoms with Crippen molar-refractivity contribution in [2.24, 2.45) is 5.73 Å². The van der Waals surface area contributed by atoms with Gasteiger partial charge in [-0.3, -0.25) is 4.79 Å². The van der Waals surface area contributed by atoms with Gasteiger partial charge in [0.25, 0.3) is 0 Å². The van der Waals surface area contributed by atoms with Gasteiger partial charge in [0, 0.05) is 20.7 Å². The number of hydrogen-bond donors (Lipinski definition) is 1. The van der Waals surface area contributed by atoms with Crippen molar-refractivity contribution >= 4 is 5.91 Å². The molecular formula is C12H26N2O4. The number of carbonyl (C=O) groups excluding carboxylic acids is 1. The van der Waals surface area contributed by atoms with E-state index in [1.807, 2.05) is 0 Å². The molecule has 0 aliphatic carbocycles. The van der Waals surface area contributed by atoms with Gasteiger partial charge in [-0.15, -0.1) is 0 Å². The van der Waals surface area contributed by atoms with E-state index in [4.69, 9.17) is 19.9 Å². The molecule has 0 unspecified atom stereocenters. The average Bonchev–Trinajstić information content (AvgIpc) is 2.38. The molecule has 6 nitrogen and oxygen atoms in total. The lowest BCUT2D eigenvalue weighted by atomic mass is 10.3. The molecule has 0 rings (SSSR count). The van der Waals surface area contributed by atoms with E-state index in [9.17, 15) is 4.79 Å². The Hall–Kier alpha value is -0.690. The van der Waals surface area contributed by atoms with Crippen molar-refractivity contribution in [1.29, 1.82) is 0 Å². The molecular weight excluding hydrogens is 236 g/mol. The summed E-state index contributed by atoms with van der Waals surface area (Å²) in [5, 5.41) is 0. The second-order valence-electron chi connectivity index (χ2n) is 3.93. The van der Waals surface area contributed by atoms with Crippen LogP contribution in [0, 0.1) is 0 Å². The quantitative estimate of drug-likeness (QED) is 0.496. The molecule has 0 aromatic carbocycles. The van der Waals surface area contributed by atoms with Gasteiger partial charge in [0.05, 0.1) is 39.5 Å². The summed E-state index contributed by atoms with van der Waals surface area (Å²) in [6.07, 6.45) is 1.23. The number of hydrogen-bond acceptors (Lipinski definition) is 5. The zero-order valence-electron chi connectivity index (χ0n) is 11.5. The molecule has 0 atom stereocenters. The minimum absolute atomic E-state index is 0.0868. The Morgan fingerprint density at radius 3 is 2.33 bits per heavy atom. The molecule has 0 aliphatic heterocycles. The second-order valence-corrected chi connectivity index (χ2v) is 3.93. The first kappa shape index (κ1) is 17.3. The first-order chi connectivity index (χ1) is 8.72. The highest BCUT2D eigenvalue weighted by molar-refractivity contribution is 5.75. The molecule has 0 aromatic heterocycles. The Kier molecular flexibility index (Phi) is 12.3. The summed E-state index contributed by atoms with van der Waals surface area (Å²) in [7, 11) is 3.42. The lowest BCUT2D eigenvalue weighted by Gasteiger charge is -2.16. The van der Waals surface area contributed by atoms with Crippen LogP contribution in [0.3, 0.4) is 0 Å². The topological polar surface area (TPSA) is 74.0 Å². The molecule has 0 saturated carbocycles. The molecule has 18 heavy (non-hydrogen) atoms. The van der Waals surface area contributed by atoms with Crippen molar-refractivity contribution in [3.05, 3.63) is 0 Å². The second kappa shape index (κ2) is 12.8. The summed E-state index contributed by atoms with van der Waals surface area (Å²) in [6.45, 7) is 3.93. The van der Waals surface area contributed by atoms with Crippen molar-refractivity contribution in [2.45, 2.75) is 12.8 Å². The van der Waals surface area contributed by atoms with E-state index in [-0.39, 0.29) is 5.91 Å². The Labute approximate surface area is 109 Å². The van der Waals surface area contributed by atoms with Gasteiger partial charge in [0.2, 0.25) is 5.91 Å². The van der Waals surface area contributed by atoms with Crippen LogP contribution in [0.5, 0.6) is 0 Å². The van der Waals surface area contributed by atoms with Crippen LogP contribution >= 0.6 is 0 Å². The molecule has 1 amide bonds. The van der Waals surface area contributed by atoms with Gasteiger partial charge in [-0.1, -0.05) is 0 Å². The lowest BCUT2D eigenvalue weighted by molar-refractivity contribution is -0.131. The minimum atomic E-state index is 0.0868. The monoisotopic (exact) mass is 262 g/mol. The molecule has 0 saturated heterocycles. The van der Waals surface area contributed by atoms with Crippen molar-refractivity contribution in [2.75, 3.05) is 60.3 Å². The smallest absolute Gasteiger partial charge is 0.224 e. The molecule has 0 bridgehead atoms. The third kappa shape index (κ3) is 10.5. The van der Waals surface area contributed by atoms with E-state index in [1.54, 1.807) is 19.1 Å². The van der Waals surface area contributed by atoms with Crippen molar-refractivity contribution < 1.29 is 19.0 Å². The molecule has 0 aliphatic rings. The van der Waals surface area contributed by atoms with Gasteiger partial charge in [-0.25, -0.2) is 0 Å². The fourth-order valence-corrected chi connectivity index (χ4v) is 1.27. The molecule has 0 fully saturated rings. The van der Waals surface area contributed by atoms with E-state index in [1.165, 1.54) is 0 Å². The third-order valence-corrected chi connectivity index (χ3v) is 2.39. The van der Waals surface area contributed by atoms with Gasteiger partial charge >= 0.3 is 0 Å². The van der Waals surface area contributed by atoms with Crippen molar-refractivity contribution in [1.82, 2.24) is 4.90 Å². The van der Waals surface area contributed by atoms with E-state index >= 15 is 0 Å². The first-order valence-corrected chi connectivity index (χ1v) is 6.30. The van der Waals surface area contributed by atoms with E-state index in [0.29, 0.717) is 52.5 Å². The molecule has 2 N–H and O–H groups in total. The fourth-order valence-electron chi connectivity index (χ4n) is 1.27. The zero-order valence-corrected chi connectivity index (χ0v) is 11.5. The summed E-state index contributed by atoms with van der Waals surface area (Å²) in [5.41, 5.74) is 5.38. The molecule has 108 valence electrons. The van der Waals surface area contributed by atoms with Gasteiger partial charge in [-0.2, -0.15) is 0 Å². The number of amides is 1. The number of rotatable bonds is 12. The van der Waals surface area contributed by atoms with E-state index in [0.717, 1.165) is 6.42 Å². The average molecular weight is 262 g/mol. The summed E-state index contributed by atoms with van der Waals surface area (Å²) in [6, 6.07) is 0. The van der Waals surface area contributed by atoms with Crippen LogP contribution in [0.4, 0.5) is 0 Å². The van der Waals surface area contributed by atoms with Crippen LogP contribution in [0.25, 0.3) is 0 Å². The third-order valence-electron chi connectivity index (χ3n) is 2.39. The van der Waals surface area contributed by atoms with Crippen LogP contribution in [-0.2, 0) is 19.0 Å². The number of nitrogens with zero attached hydrogens (tertiary/aromatic N) is 1. The largest absolute Gasteiger partial charge is 0.382 e. The number of nitrogens with two attached hydrogens (primary N) is 1. The maximum Gasteiger partial charge on any atom is 0.224 e. The van der Waals surface area contributed by atoms with Gasteiger partial charge in [0.15, 0.2) is 0 Å². The SMILES string of the molecule is COCCOCCOCCC(=O)N(C)CCCN. The Bertz CT molecular complexity index is 203. The summed E-state index contributed by atoms with van der Waals surface area (Å²) >= 11 is 0. The first-order valence-electron chi connectivity index (χ1n) is 6.30. The van der Waals surface area contributed by atoms with E-state index in [2.05, 4.69) is 0 Å². The highest BCUT2D eigenvalue weighted by Gasteiger charge is 2.07. The molecule has 0 spiro atoms. The summed E-state index contributed by atoms with van der Waals surface area (Å²) < 4.78 is 15.4. The van der Waals surface area contributed by atoms with Crippen molar-refractivity contribution in [3.8, 4) is 0 Å². The lowest BCUT2D eigenvalue weighted by Crippen LogP contribution is -2.29. The number of methoxy groups -OCH3 is 1. The Morgan fingerprint density at radius 1 is 1.11 bits per heavy atom. The van der Waals surface area contributed by atoms with Crippen LogP contribution in [0.2, 0.25) is 0 Å². The van der Waals surface area contributed by atoms with Crippen LogP contribution in [-0.4, -0.2) is 71.1 Å². The van der Waals surface area contributed by atoms with E-state index < -0.39 is 0 Å². The number of ether oxygens (including phenoxy) is 3. The zero-order chi connectivity index (χ0) is 13.6. The summed E-state index contributed by atoms with van der Waals surface area (Å²) in [4.78, 5) is 13.3. The highest BCUT2D eigenvalue weighted by atomic mass is 16.5. The standard InChI is InChI=1S/C12H26N2O4/c1-14(6-3-5-13)12(15)4-7-17-10-11-18-9-8-16-2/h3-11,13H2,1-2H3. The molecule has 0 radical (unpaired) electrons. The van der Waals surface area contributed by atoms with Crippen LogP contribution in [0.15, 0.2) is 0 Å². The highest BCUT2D eigenvalue weighted by Crippen LogP contribution is 1.93. The Balaban J connectivity index is 3.29. The van der Waals surface area contributed by atoms with Gasteiger partial charge in [0.1, 0.15) is 0 Å². The predicted octanol–water partition coefficient (Wildman–Crippen LogP) is -0.137. The normalized spacial score (nSPS) is 10.6. The number of carbonyl (C=O) groups is 1. The fraction of sp³-hybridized carbons (Fsp3) is 0.917. The predicted molar refractivity (Wildman–Crippen MR) is 69.4 cm³/mol. The van der Waals surface area contributed by atoms with Gasteiger partial charge < -0.3 is 24.8 Å². The maximum atomic E-state index is 11.6. The molecule has 6 heteroatoms. The maximum absolute atomic E-state index is 11.6. The molecule has 0 heterocycles. The Morgan fingerprint density at radius 2 is 1.72 bits per heavy atom. The van der Waals surface area contributed by atoms with Gasteiger partial charge in [-0.05, 0) is 13.0 Å². The molecule has 0 aromatic rings. The van der Waals surface area contributed by atoms with Crippen LogP contribution in [0.1, 0.15) is 12.8 Å². The van der Waals surface area contributed by atoms with Crippen molar-refractivity contribution in [3.63, 3.8) is 0 Å². The van der Waals surface area contributed by atoms with Crippen LogP contribution < -0.4 is 5.73 Å². The minimum Gasteiger partial charge on any atom is -0.382 e. The summed E-state index contributed by atoms with van der Waals surface area (Å²) in [5.74, 6) is 0.0868.